The van der Waals surface area contributed by atoms with Gasteiger partial charge in [0, 0.05) is 30.6 Å². The zero-order valence-electron chi connectivity index (χ0n) is 19.7. The molecule has 2 heterocycles. The topological polar surface area (TPSA) is 93.5 Å². The summed E-state index contributed by atoms with van der Waals surface area (Å²) in [5.41, 5.74) is 1.15. The highest BCUT2D eigenvalue weighted by atomic mass is 16.5. The average molecular weight is 463 g/mol. The van der Waals surface area contributed by atoms with Crippen molar-refractivity contribution in [2.24, 2.45) is 0 Å². The molecule has 0 spiro atoms. The Morgan fingerprint density at radius 3 is 2.62 bits per heavy atom. The Bertz CT molecular complexity index is 1270. The molecule has 8 heteroatoms. The molecule has 34 heavy (non-hydrogen) atoms. The van der Waals surface area contributed by atoms with Gasteiger partial charge in [-0.05, 0) is 43.5 Å². The first-order chi connectivity index (χ1) is 16.5. The number of piperidine rings is 1. The lowest BCUT2D eigenvalue weighted by Gasteiger charge is -2.28. The molecular formula is C26H30N4O4. The Morgan fingerprint density at radius 2 is 1.88 bits per heavy atom. The summed E-state index contributed by atoms with van der Waals surface area (Å²) in [4.78, 5) is 40.4. The number of nitrogens with one attached hydrogen (secondary N) is 1. The SMILES string of the molecule is CCCCCn1nc(C(=O)Nc2ccc(OC)c(N3CCCCC3=O)c2)c2ccccc2c1=O. The predicted molar refractivity (Wildman–Crippen MR) is 133 cm³/mol. The Balaban J connectivity index is 1.68. The first-order valence-electron chi connectivity index (χ1n) is 11.8. The fraction of sp³-hybridized carbons (Fsp3) is 0.385. The number of aryl methyl sites for hydroxylation is 1. The van der Waals surface area contributed by atoms with Crippen molar-refractivity contribution < 1.29 is 14.3 Å². The van der Waals surface area contributed by atoms with E-state index in [1.165, 1.54) is 4.68 Å². The second kappa shape index (κ2) is 10.5. The highest BCUT2D eigenvalue weighted by Gasteiger charge is 2.24. The van der Waals surface area contributed by atoms with Crippen LogP contribution in [0.3, 0.4) is 0 Å². The number of methoxy groups -OCH3 is 1. The number of benzene rings is 2. The van der Waals surface area contributed by atoms with E-state index in [4.69, 9.17) is 4.74 Å². The minimum absolute atomic E-state index is 0.0415. The van der Waals surface area contributed by atoms with Crippen LogP contribution in [0.15, 0.2) is 47.3 Å². The minimum Gasteiger partial charge on any atom is -0.495 e. The quantitative estimate of drug-likeness (QED) is 0.502. The largest absolute Gasteiger partial charge is 0.495 e. The number of fused-ring (bicyclic) bond motifs is 1. The van der Waals surface area contributed by atoms with E-state index >= 15 is 0 Å². The van der Waals surface area contributed by atoms with Crippen LogP contribution < -0.4 is 20.5 Å². The van der Waals surface area contributed by atoms with Crippen LogP contribution in [-0.2, 0) is 11.3 Å². The van der Waals surface area contributed by atoms with Crippen molar-refractivity contribution in [1.82, 2.24) is 9.78 Å². The lowest BCUT2D eigenvalue weighted by atomic mass is 10.1. The predicted octanol–water partition coefficient (Wildman–Crippen LogP) is 4.36. The summed E-state index contributed by atoms with van der Waals surface area (Å²) in [5, 5.41) is 8.31. The standard InChI is InChI=1S/C26H30N4O4/c1-3-4-8-16-30-26(33)20-11-6-5-10-19(20)24(28-30)25(32)27-18-13-14-22(34-2)21(17-18)29-15-9-7-12-23(29)31/h5-6,10-11,13-14,17H,3-4,7-9,12,15-16H2,1-2H3,(H,27,32). The molecule has 0 unspecified atom stereocenters. The maximum absolute atomic E-state index is 13.3. The van der Waals surface area contributed by atoms with E-state index in [0.717, 1.165) is 32.1 Å². The van der Waals surface area contributed by atoms with Crippen molar-refractivity contribution >= 4 is 34.0 Å². The van der Waals surface area contributed by atoms with E-state index in [-0.39, 0.29) is 17.2 Å². The van der Waals surface area contributed by atoms with E-state index in [9.17, 15) is 14.4 Å². The molecule has 1 saturated heterocycles. The van der Waals surface area contributed by atoms with Crippen molar-refractivity contribution in [3.63, 3.8) is 0 Å². The van der Waals surface area contributed by atoms with Gasteiger partial charge in [0.1, 0.15) is 5.75 Å². The van der Waals surface area contributed by atoms with Crippen LogP contribution >= 0.6 is 0 Å². The number of carbonyl (C=O) groups is 2. The Labute approximate surface area is 198 Å². The van der Waals surface area contributed by atoms with Crippen LogP contribution in [0.2, 0.25) is 0 Å². The smallest absolute Gasteiger partial charge is 0.276 e. The molecule has 1 aliphatic rings. The zero-order chi connectivity index (χ0) is 24.1. The lowest BCUT2D eigenvalue weighted by molar-refractivity contribution is -0.119. The second-order valence-electron chi connectivity index (χ2n) is 8.47. The van der Waals surface area contributed by atoms with Gasteiger partial charge in [0.25, 0.3) is 11.5 Å². The number of anilines is 2. The summed E-state index contributed by atoms with van der Waals surface area (Å²) in [5.74, 6) is 0.197. The van der Waals surface area contributed by atoms with E-state index in [1.54, 1.807) is 54.5 Å². The van der Waals surface area contributed by atoms with Crippen molar-refractivity contribution in [2.45, 2.75) is 52.0 Å². The van der Waals surface area contributed by atoms with E-state index in [1.807, 2.05) is 0 Å². The summed E-state index contributed by atoms with van der Waals surface area (Å²) < 4.78 is 6.86. The van der Waals surface area contributed by atoms with Gasteiger partial charge in [-0.15, -0.1) is 0 Å². The molecule has 1 aromatic heterocycles. The number of hydrogen-bond donors (Lipinski definition) is 1. The fourth-order valence-corrected chi connectivity index (χ4v) is 4.30. The molecule has 0 saturated carbocycles. The molecule has 178 valence electrons. The molecule has 0 atom stereocenters. The average Bonchev–Trinajstić information content (AvgIpc) is 2.86. The normalized spacial score (nSPS) is 13.8. The van der Waals surface area contributed by atoms with Gasteiger partial charge in [-0.3, -0.25) is 14.4 Å². The van der Waals surface area contributed by atoms with Gasteiger partial charge in [-0.1, -0.05) is 38.0 Å². The molecule has 0 aliphatic carbocycles. The number of nitrogens with zero attached hydrogens (tertiary/aromatic N) is 3. The van der Waals surface area contributed by atoms with Crippen LogP contribution in [0, 0.1) is 0 Å². The number of ether oxygens (including phenoxy) is 1. The maximum atomic E-state index is 13.3. The molecule has 2 aromatic carbocycles. The second-order valence-corrected chi connectivity index (χ2v) is 8.47. The number of amides is 2. The van der Waals surface area contributed by atoms with Gasteiger partial charge in [-0.2, -0.15) is 5.10 Å². The summed E-state index contributed by atoms with van der Waals surface area (Å²) in [6.45, 7) is 3.17. The maximum Gasteiger partial charge on any atom is 0.276 e. The number of hydrogen-bond acceptors (Lipinski definition) is 5. The third kappa shape index (κ3) is 4.81. The summed E-state index contributed by atoms with van der Waals surface area (Å²) in [7, 11) is 1.56. The van der Waals surface area contributed by atoms with Crippen LogP contribution in [0.5, 0.6) is 5.75 Å². The number of carbonyl (C=O) groups excluding carboxylic acids is 2. The van der Waals surface area contributed by atoms with Gasteiger partial charge >= 0.3 is 0 Å². The van der Waals surface area contributed by atoms with Crippen LogP contribution in [0.1, 0.15) is 55.9 Å². The Morgan fingerprint density at radius 1 is 1.09 bits per heavy atom. The molecule has 1 fully saturated rings. The van der Waals surface area contributed by atoms with Gasteiger partial charge in [0.05, 0.1) is 18.2 Å². The number of aromatic nitrogens is 2. The first-order valence-corrected chi connectivity index (χ1v) is 11.8. The van der Waals surface area contributed by atoms with Gasteiger partial charge in [0.15, 0.2) is 5.69 Å². The molecule has 1 N–H and O–H groups in total. The van der Waals surface area contributed by atoms with Crippen LogP contribution in [-0.4, -0.2) is 35.2 Å². The van der Waals surface area contributed by atoms with Gasteiger partial charge in [0.2, 0.25) is 5.91 Å². The van der Waals surface area contributed by atoms with Crippen molar-refractivity contribution in [1.29, 1.82) is 0 Å². The van der Waals surface area contributed by atoms with Crippen molar-refractivity contribution in [2.75, 3.05) is 23.9 Å². The van der Waals surface area contributed by atoms with Crippen molar-refractivity contribution in [3.05, 3.63) is 58.5 Å². The summed E-state index contributed by atoms with van der Waals surface area (Å²) in [6, 6.07) is 12.3. The highest BCUT2D eigenvalue weighted by molar-refractivity contribution is 6.11. The lowest BCUT2D eigenvalue weighted by Crippen LogP contribution is -2.35. The molecule has 0 radical (unpaired) electrons. The number of unbranched alkanes of at least 4 members (excludes halogenated alkanes) is 2. The third-order valence-corrected chi connectivity index (χ3v) is 6.11. The molecule has 8 nitrogen and oxygen atoms in total. The van der Waals surface area contributed by atoms with E-state index in [2.05, 4.69) is 17.3 Å². The molecule has 0 bridgehead atoms. The molecule has 1 aliphatic heterocycles. The fourth-order valence-electron chi connectivity index (χ4n) is 4.30. The van der Waals surface area contributed by atoms with Gasteiger partial charge < -0.3 is 15.0 Å². The van der Waals surface area contributed by atoms with Crippen LogP contribution in [0.4, 0.5) is 11.4 Å². The van der Waals surface area contributed by atoms with Crippen molar-refractivity contribution in [3.8, 4) is 5.75 Å². The van der Waals surface area contributed by atoms with Gasteiger partial charge in [-0.25, -0.2) is 4.68 Å². The van der Waals surface area contributed by atoms with E-state index in [0.29, 0.717) is 47.4 Å². The molecular weight excluding hydrogens is 432 g/mol. The summed E-state index contributed by atoms with van der Waals surface area (Å²) in [6.07, 6.45) is 5.10. The molecule has 4 rings (SSSR count). The summed E-state index contributed by atoms with van der Waals surface area (Å²) >= 11 is 0. The monoisotopic (exact) mass is 462 g/mol. The number of rotatable bonds is 8. The van der Waals surface area contributed by atoms with Crippen LogP contribution in [0.25, 0.3) is 10.8 Å². The first kappa shape index (κ1) is 23.5. The van der Waals surface area contributed by atoms with E-state index < -0.39 is 5.91 Å². The zero-order valence-corrected chi connectivity index (χ0v) is 19.7. The Hall–Kier alpha value is -3.68. The molecule has 3 aromatic rings. The molecule has 2 amide bonds. The highest BCUT2D eigenvalue weighted by Crippen LogP contribution is 2.33. The Kier molecular flexibility index (Phi) is 7.25. The minimum atomic E-state index is -0.415. The third-order valence-electron chi connectivity index (χ3n) is 6.11.